The van der Waals surface area contributed by atoms with Crippen molar-refractivity contribution in [3.05, 3.63) is 30.2 Å². The van der Waals surface area contributed by atoms with Gasteiger partial charge < -0.3 is 19.5 Å². The van der Waals surface area contributed by atoms with Gasteiger partial charge in [-0.1, -0.05) is 12.1 Å². The van der Waals surface area contributed by atoms with Crippen LogP contribution in [-0.4, -0.2) is 72.9 Å². The third-order valence-electron chi connectivity index (χ3n) is 5.53. The van der Waals surface area contributed by atoms with E-state index in [2.05, 4.69) is 32.2 Å². The van der Waals surface area contributed by atoms with Crippen LogP contribution in [0.15, 0.2) is 28.8 Å². The molecule has 28 heavy (non-hydrogen) atoms. The molecule has 8 nitrogen and oxygen atoms in total. The molecule has 3 heterocycles. The third kappa shape index (κ3) is 4.18. The summed E-state index contributed by atoms with van der Waals surface area (Å²) in [5.74, 6) is 0.120. The number of carbonyl (C=O) groups is 1. The van der Waals surface area contributed by atoms with Crippen LogP contribution in [-0.2, 0) is 4.74 Å². The fourth-order valence-corrected chi connectivity index (χ4v) is 3.90. The molecule has 2 aliphatic heterocycles. The Bertz CT molecular complexity index is 785. The first kappa shape index (κ1) is 18.9. The van der Waals surface area contributed by atoms with Crippen LogP contribution in [0.4, 0.5) is 5.69 Å². The van der Waals surface area contributed by atoms with Gasteiger partial charge in [0.2, 0.25) is 5.82 Å². The first-order valence-corrected chi connectivity index (χ1v) is 10.0. The van der Waals surface area contributed by atoms with E-state index in [1.165, 1.54) is 6.42 Å². The van der Waals surface area contributed by atoms with Gasteiger partial charge in [-0.2, -0.15) is 4.98 Å². The molecule has 2 fully saturated rings. The molecular weight excluding hydrogens is 358 g/mol. The maximum absolute atomic E-state index is 12.4. The minimum atomic E-state index is -0.313. The van der Waals surface area contributed by atoms with Crippen molar-refractivity contribution in [2.45, 2.75) is 25.8 Å². The number of likely N-dealkylation sites (N-methyl/N-ethyl adjacent to an activating group) is 1. The van der Waals surface area contributed by atoms with Crippen molar-refractivity contribution in [2.75, 3.05) is 50.8 Å². The lowest BCUT2D eigenvalue weighted by atomic mass is 10.2. The number of morpholine rings is 1. The molecule has 1 N–H and O–H groups in total. The maximum Gasteiger partial charge on any atom is 0.316 e. The Morgan fingerprint density at radius 3 is 2.75 bits per heavy atom. The summed E-state index contributed by atoms with van der Waals surface area (Å²) in [6.07, 6.45) is 2.29. The lowest BCUT2D eigenvalue weighted by molar-refractivity contribution is 0.0897. The largest absolute Gasteiger partial charge is 0.378 e. The lowest BCUT2D eigenvalue weighted by Gasteiger charge is -2.28. The van der Waals surface area contributed by atoms with Crippen LogP contribution in [0.3, 0.4) is 0 Å². The highest BCUT2D eigenvalue weighted by Gasteiger charge is 2.24. The fraction of sp³-hybridized carbons (Fsp3) is 0.550. The fourth-order valence-electron chi connectivity index (χ4n) is 3.90. The van der Waals surface area contributed by atoms with E-state index >= 15 is 0 Å². The molecule has 0 spiro atoms. The van der Waals surface area contributed by atoms with Crippen molar-refractivity contribution in [3.8, 4) is 11.4 Å². The molecule has 1 aromatic heterocycles. The van der Waals surface area contributed by atoms with Crippen molar-refractivity contribution < 1.29 is 14.1 Å². The average molecular weight is 385 g/mol. The molecule has 1 aromatic carbocycles. The summed E-state index contributed by atoms with van der Waals surface area (Å²) in [7, 11) is 0. The Kier molecular flexibility index (Phi) is 5.87. The molecule has 0 unspecified atom stereocenters. The third-order valence-corrected chi connectivity index (χ3v) is 5.53. The number of hydrogen-bond acceptors (Lipinski definition) is 7. The molecule has 2 aliphatic rings. The Morgan fingerprint density at radius 1 is 1.21 bits per heavy atom. The quantitative estimate of drug-likeness (QED) is 0.811. The highest BCUT2D eigenvalue weighted by Crippen LogP contribution is 2.22. The number of nitrogens with zero attached hydrogens (tertiary/aromatic N) is 4. The van der Waals surface area contributed by atoms with Crippen LogP contribution < -0.4 is 10.2 Å². The summed E-state index contributed by atoms with van der Waals surface area (Å²) >= 11 is 0. The van der Waals surface area contributed by atoms with E-state index in [1.54, 1.807) is 0 Å². The Labute approximate surface area is 164 Å². The second kappa shape index (κ2) is 8.70. The van der Waals surface area contributed by atoms with Crippen LogP contribution in [0.1, 0.15) is 30.5 Å². The second-order valence-corrected chi connectivity index (χ2v) is 7.20. The first-order chi connectivity index (χ1) is 13.7. The first-order valence-electron chi connectivity index (χ1n) is 10.0. The summed E-state index contributed by atoms with van der Waals surface area (Å²) in [4.78, 5) is 21.3. The van der Waals surface area contributed by atoms with Crippen molar-refractivity contribution in [1.82, 2.24) is 20.4 Å². The maximum atomic E-state index is 12.4. The molecule has 1 atom stereocenters. The number of rotatable bonds is 6. The number of amides is 1. The van der Waals surface area contributed by atoms with Gasteiger partial charge in [-0.05, 0) is 50.2 Å². The van der Waals surface area contributed by atoms with E-state index in [1.807, 2.05) is 24.3 Å². The van der Waals surface area contributed by atoms with Crippen molar-refractivity contribution in [2.24, 2.45) is 0 Å². The van der Waals surface area contributed by atoms with E-state index in [9.17, 15) is 4.79 Å². The van der Waals surface area contributed by atoms with Crippen molar-refractivity contribution in [3.63, 3.8) is 0 Å². The molecule has 4 rings (SSSR count). The predicted molar refractivity (Wildman–Crippen MR) is 105 cm³/mol. The summed E-state index contributed by atoms with van der Waals surface area (Å²) in [6, 6.07) is 8.38. The number of carbonyl (C=O) groups excluding carboxylic acids is 1. The molecule has 2 aromatic rings. The van der Waals surface area contributed by atoms with Crippen molar-refractivity contribution in [1.29, 1.82) is 0 Å². The number of hydrogen-bond donors (Lipinski definition) is 1. The van der Waals surface area contributed by atoms with Crippen molar-refractivity contribution >= 4 is 11.6 Å². The molecular formula is C20H27N5O3. The summed E-state index contributed by atoms with van der Waals surface area (Å²) in [6.45, 7) is 8.15. The van der Waals surface area contributed by atoms with Gasteiger partial charge in [0.25, 0.3) is 0 Å². The highest BCUT2D eigenvalue weighted by atomic mass is 16.5. The zero-order valence-corrected chi connectivity index (χ0v) is 16.3. The van der Waals surface area contributed by atoms with E-state index in [0.29, 0.717) is 18.4 Å². The predicted octanol–water partition coefficient (Wildman–Crippen LogP) is 1.79. The van der Waals surface area contributed by atoms with Gasteiger partial charge in [0.05, 0.1) is 13.2 Å². The SMILES string of the molecule is CCN1CCC[C@H]1CNC(=O)c1nc(-c2ccc(N3CCOCC3)cc2)no1. The Morgan fingerprint density at radius 2 is 2.00 bits per heavy atom. The van der Waals surface area contributed by atoms with Crippen LogP contribution in [0.5, 0.6) is 0 Å². The lowest BCUT2D eigenvalue weighted by Crippen LogP contribution is -2.40. The molecule has 0 aliphatic carbocycles. The van der Waals surface area contributed by atoms with Crippen LogP contribution in [0.25, 0.3) is 11.4 Å². The summed E-state index contributed by atoms with van der Waals surface area (Å²) in [5.41, 5.74) is 1.97. The minimum Gasteiger partial charge on any atom is -0.378 e. The number of likely N-dealkylation sites (tertiary alicyclic amines) is 1. The highest BCUT2D eigenvalue weighted by molar-refractivity contribution is 5.89. The number of aromatic nitrogens is 2. The number of anilines is 1. The number of benzene rings is 1. The summed E-state index contributed by atoms with van der Waals surface area (Å²) in [5, 5.41) is 6.90. The second-order valence-electron chi connectivity index (χ2n) is 7.20. The van der Waals surface area contributed by atoms with E-state index in [0.717, 1.165) is 57.1 Å². The zero-order chi connectivity index (χ0) is 19.3. The van der Waals surface area contributed by atoms with Gasteiger partial charge >= 0.3 is 11.8 Å². The van der Waals surface area contributed by atoms with Gasteiger partial charge in [-0.3, -0.25) is 9.69 Å². The monoisotopic (exact) mass is 385 g/mol. The number of nitrogens with one attached hydrogen (secondary N) is 1. The zero-order valence-electron chi connectivity index (χ0n) is 16.3. The van der Waals surface area contributed by atoms with E-state index in [-0.39, 0.29) is 11.8 Å². The van der Waals surface area contributed by atoms with Crippen LogP contribution >= 0.6 is 0 Å². The molecule has 2 saturated heterocycles. The van der Waals surface area contributed by atoms with E-state index in [4.69, 9.17) is 9.26 Å². The molecule has 8 heteroatoms. The minimum absolute atomic E-state index is 0.00769. The van der Waals surface area contributed by atoms with E-state index < -0.39 is 0 Å². The van der Waals surface area contributed by atoms with Crippen LogP contribution in [0.2, 0.25) is 0 Å². The van der Waals surface area contributed by atoms with Gasteiger partial charge in [0.15, 0.2) is 0 Å². The topological polar surface area (TPSA) is 83.7 Å². The molecule has 0 radical (unpaired) electrons. The normalized spacial score (nSPS) is 20.5. The average Bonchev–Trinajstić information content (AvgIpc) is 3.42. The molecule has 0 bridgehead atoms. The Hall–Kier alpha value is -2.45. The van der Waals surface area contributed by atoms with Gasteiger partial charge in [-0.15, -0.1) is 0 Å². The number of ether oxygens (including phenoxy) is 1. The smallest absolute Gasteiger partial charge is 0.316 e. The van der Waals surface area contributed by atoms with Gasteiger partial charge in [0, 0.05) is 36.9 Å². The van der Waals surface area contributed by atoms with Gasteiger partial charge in [-0.25, -0.2) is 0 Å². The molecule has 0 saturated carbocycles. The standard InChI is InChI=1S/C20H27N5O3/c1-2-24-9-3-4-17(24)14-21-19(26)20-22-18(23-28-20)15-5-7-16(8-6-15)25-10-12-27-13-11-25/h5-8,17H,2-4,9-14H2,1H3,(H,21,26)/t17-/m0/s1. The molecule has 1 amide bonds. The van der Waals surface area contributed by atoms with Crippen LogP contribution in [0, 0.1) is 0 Å². The molecule has 150 valence electrons. The van der Waals surface area contributed by atoms with Gasteiger partial charge in [0.1, 0.15) is 0 Å². The summed E-state index contributed by atoms with van der Waals surface area (Å²) < 4.78 is 10.6. The Balaban J connectivity index is 1.36.